The molecule has 0 radical (unpaired) electrons. The van der Waals surface area contributed by atoms with Crippen LogP contribution in [0.5, 0.6) is 0 Å². The van der Waals surface area contributed by atoms with Crippen LogP contribution in [0.15, 0.2) is 53.0 Å². The molecule has 2 nitrogen and oxygen atoms in total. The van der Waals surface area contributed by atoms with Crippen molar-refractivity contribution in [2.45, 2.75) is 11.9 Å². The van der Waals surface area contributed by atoms with Crippen LogP contribution in [0.1, 0.15) is 17.2 Å². The van der Waals surface area contributed by atoms with E-state index in [1.54, 1.807) is 0 Å². The van der Waals surface area contributed by atoms with Crippen molar-refractivity contribution in [3.8, 4) is 0 Å². The fourth-order valence-corrected chi connectivity index (χ4v) is 3.36. The summed E-state index contributed by atoms with van der Waals surface area (Å²) < 4.78 is 13.2. The average molecular weight is 433 g/mol. The van der Waals surface area contributed by atoms with Crippen LogP contribution < -0.4 is 0 Å². The standard InChI is InChI=1S/C16H13Br2ClO2/c17-10-16(12-3-5-13(18)6-4-12)20-9-15(21-16)11-1-7-14(19)8-2-11/h1-8,15H,9-10H2/t15-,16+/m1/s1. The molecule has 3 rings (SSSR count). The van der Waals surface area contributed by atoms with E-state index < -0.39 is 5.79 Å². The van der Waals surface area contributed by atoms with Crippen molar-refractivity contribution in [3.63, 3.8) is 0 Å². The van der Waals surface area contributed by atoms with Gasteiger partial charge in [0.15, 0.2) is 0 Å². The van der Waals surface area contributed by atoms with Gasteiger partial charge in [-0.15, -0.1) is 0 Å². The van der Waals surface area contributed by atoms with Gasteiger partial charge in [-0.2, -0.15) is 0 Å². The molecule has 1 aliphatic heterocycles. The van der Waals surface area contributed by atoms with E-state index in [1.807, 2.05) is 48.5 Å². The van der Waals surface area contributed by atoms with Gasteiger partial charge in [-0.25, -0.2) is 0 Å². The van der Waals surface area contributed by atoms with Crippen LogP contribution in [0.3, 0.4) is 0 Å². The molecule has 0 saturated carbocycles. The molecule has 1 fully saturated rings. The molecule has 1 saturated heterocycles. The summed E-state index contributed by atoms with van der Waals surface area (Å²) in [5.74, 6) is -0.745. The van der Waals surface area contributed by atoms with Gasteiger partial charge in [0.1, 0.15) is 6.10 Å². The van der Waals surface area contributed by atoms with E-state index in [0.29, 0.717) is 11.9 Å². The van der Waals surface area contributed by atoms with Crippen molar-refractivity contribution < 1.29 is 9.47 Å². The molecule has 1 aliphatic rings. The Kier molecular flexibility index (Phi) is 4.71. The smallest absolute Gasteiger partial charge is 0.205 e. The molecule has 2 aromatic carbocycles. The van der Waals surface area contributed by atoms with Crippen molar-refractivity contribution in [2.24, 2.45) is 0 Å². The predicted octanol–water partition coefficient (Wildman–Crippen LogP) is 5.44. The third kappa shape index (κ3) is 3.20. The van der Waals surface area contributed by atoms with E-state index in [4.69, 9.17) is 21.1 Å². The maximum Gasteiger partial charge on any atom is 0.205 e. The maximum atomic E-state index is 6.22. The molecule has 5 heteroatoms. The van der Waals surface area contributed by atoms with Crippen LogP contribution in [0.4, 0.5) is 0 Å². The Morgan fingerprint density at radius 3 is 2.38 bits per heavy atom. The monoisotopic (exact) mass is 430 g/mol. The van der Waals surface area contributed by atoms with Gasteiger partial charge < -0.3 is 9.47 Å². The minimum absolute atomic E-state index is 0.0940. The van der Waals surface area contributed by atoms with E-state index in [-0.39, 0.29) is 6.10 Å². The quantitative estimate of drug-likeness (QED) is 0.602. The summed E-state index contributed by atoms with van der Waals surface area (Å²) in [5.41, 5.74) is 2.07. The lowest BCUT2D eigenvalue weighted by molar-refractivity contribution is -0.157. The van der Waals surface area contributed by atoms with Gasteiger partial charge in [-0.05, 0) is 29.8 Å². The molecule has 0 N–H and O–H groups in total. The molecule has 110 valence electrons. The number of halogens is 3. The highest BCUT2D eigenvalue weighted by atomic mass is 79.9. The number of benzene rings is 2. The van der Waals surface area contributed by atoms with Crippen LogP contribution in [0.2, 0.25) is 5.02 Å². The van der Waals surface area contributed by atoms with E-state index in [9.17, 15) is 0 Å². The van der Waals surface area contributed by atoms with Crippen molar-refractivity contribution in [1.29, 1.82) is 0 Å². The van der Waals surface area contributed by atoms with Crippen LogP contribution in [-0.4, -0.2) is 11.9 Å². The lowest BCUT2D eigenvalue weighted by Gasteiger charge is -2.26. The first-order valence-electron chi connectivity index (χ1n) is 6.52. The Balaban J connectivity index is 1.85. The first-order valence-corrected chi connectivity index (χ1v) is 8.81. The fraction of sp³-hybridized carbons (Fsp3) is 0.250. The number of rotatable bonds is 3. The number of alkyl halides is 1. The van der Waals surface area contributed by atoms with Crippen molar-refractivity contribution in [1.82, 2.24) is 0 Å². The summed E-state index contributed by atoms with van der Waals surface area (Å²) >= 11 is 12.9. The molecule has 0 unspecified atom stereocenters. The summed E-state index contributed by atoms with van der Waals surface area (Å²) in [6.45, 7) is 0.517. The van der Waals surface area contributed by atoms with E-state index in [2.05, 4.69) is 31.9 Å². The van der Waals surface area contributed by atoms with Gasteiger partial charge >= 0.3 is 0 Å². The van der Waals surface area contributed by atoms with Gasteiger partial charge in [0.2, 0.25) is 5.79 Å². The first-order chi connectivity index (χ1) is 10.1. The highest BCUT2D eigenvalue weighted by Gasteiger charge is 2.42. The van der Waals surface area contributed by atoms with E-state index in [0.717, 1.165) is 20.6 Å². The number of hydrogen-bond donors (Lipinski definition) is 0. The third-order valence-corrected chi connectivity index (χ3v) is 5.02. The Labute approximate surface area is 145 Å². The normalized spacial score (nSPS) is 25.2. The summed E-state index contributed by atoms with van der Waals surface area (Å²) in [7, 11) is 0. The molecule has 2 aromatic rings. The molecule has 0 aliphatic carbocycles. The molecule has 0 spiro atoms. The molecule has 1 heterocycles. The zero-order valence-corrected chi connectivity index (χ0v) is 15.0. The lowest BCUT2D eigenvalue weighted by atomic mass is 10.1. The zero-order chi connectivity index (χ0) is 14.9. The van der Waals surface area contributed by atoms with Crippen LogP contribution in [0.25, 0.3) is 0 Å². The summed E-state index contributed by atoms with van der Waals surface area (Å²) in [6, 6.07) is 15.7. The van der Waals surface area contributed by atoms with Crippen LogP contribution >= 0.6 is 43.5 Å². The summed E-state index contributed by atoms with van der Waals surface area (Å²) in [4.78, 5) is 0. The highest BCUT2D eigenvalue weighted by Crippen LogP contribution is 2.42. The van der Waals surface area contributed by atoms with Gasteiger partial charge in [-0.1, -0.05) is 67.7 Å². The van der Waals surface area contributed by atoms with Crippen LogP contribution in [0, 0.1) is 0 Å². The van der Waals surface area contributed by atoms with Gasteiger partial charge in [0, 0.05) is 15.1 Å². The SMILES string of the molecule is Clc1ccc([C@H]2CO[C@](CBr)(c3ccc(Br)cc3)O2)cc1. The summed E-state index contributed by atoms with van der Waals surface area (Å²) in [6.07, 6.45) is -0.0940. The molecule has 0 aromatic heterocycles. The van der Waals surface area contributed by atoms with Crippen molar-refractivity contribution in [2.75, 3.05) is 11.9 Å². The van der Waals surface area contributed by atoms with E-state index in [1.165, 1.54) is 0 Å². The average Bonchev–Trinajstić information content (AvgIpc) is 2.94. The highest BCUT2D eigenvalue weighted by molar-refractivity contribution is 9.10. The minimum atomic E-state index is -0.745. The molecular formula is C16H13Br2ClO2. The van der Waals surface area contributed by atoms with Gasteiger partial charge in [0.25, 0.3) is 0 Å². The topological polar surface area (TPSA) is 18.5 Å². The lowest BCUT2D eigenvalue weighted by Crippen LogP contribution is -2.29. The Hall–Kier alpha value is -0.390. The molecular weight excluding hydrogens is 419 g/mol. The minimum Gasteiger partial charge on any atom is -0.342 e. The number of ether oxygens (including phenoxy) is 2. The fourth-order valence-electron chi connectivity index (χ4n) is 2.35. The van der Waals surface area contributed by atoms with E-state index >= 15 is 0 Å². The van der Waals surface area contributed by atoms with Crippen molar-refractivity contribution >= 4 is 43.5 Å². The molecule has 0 amide bonds. The first kappa shape index (κ1) is 15.5. The zero-order valence-electron chi connectivity index (χ0n) is 11.1. The largest absolute Gasteiger partial charge is 0.342 e. The molecule has 21 heavy (non-hydrogen) atoms. The second kappa shape index (κ2) is 6.39. The maximum absolute atomic E-state index is 6.22. The Bertz CT molecular complexity index is 615. The molecule has 0 bridgehead atoms. The Morgan fingerprint density at radius 1 is 1.10 bits per heavy atom. The Morgan fingerprint density at radius 2 is 1.76 bits per heavy atom. The number of hydrogen-bond acceptors (Lipinski definition) is 2. The van der Waals surface area contributed by atoms with Crippen LogP contribution in [-0.2, 0) is 15.3 Å². The van der Waals surface area contributed by atoms with Crippen molar-refractivity contribution in [3.05, 3.63) is 69.2 Å². The third-order valence-electron chi connectivity index (χ3n) is 3.50. The second-order valence-electron chi connectivity index (χ2n) is 4.86. The molecule has 2 atom stereocenters. The summed E-state index contributed by atoms with van der Waals surface area (Å²) in [5, 5.41) is 1.29. The van der Waals surface area contributed by atoms with Gasteiger partial charge in [-0.3, -0.25) is 0 Å². The van der Waals surface area contributed by atoms with Gasteiger partial charge in [0.05, 0.1) is 11.9 Å². The predicted molar refractivity (Wildman–Crippen MR) is 90.8 cm³/mol. The second-order valence-corrected chi connectivity index (χ2v) is 6.78.